The summed E-state index contributed by atoms with van der Waals surface area (Å²) in [6.45, 7) is 0. The van der Waals surface area contributed by atoms with Crippen molar-refractivity contribution in [2.24, 2.45) is 0 Å². The van der Waals surface area contributed by atoms with Crippen LogP contribution in [-0.2, 0) is 0 Å². The van der Waals surface area contributed by atoms with Crippen LogP contribution in [-0.4, -0.2) is 14.5 Å². The van der Waals surface area contributed by atoms with Crippen LogP contribution in [0.5, 0.6) is 0 Å². The highest BCUT2D eigenvalue weighted by Gasteiger charge is 2.24. The molecule has 0 aliphatic rings. The van der Waals surface area contributed by atoms with Gasteiger partial charge in [-0.2, -0.15) is 0 Å². The fraction of sp³-hybridized carbons (Fsp3) is 0. The summed E-state index contributed by atoms with van der Waals surface area (Å²) in [6, 6.07) is 58.7. The van der Waals surface area contributed by atoms with E-state index in [1.54, 1.807) is 0 Å². The van der Waals surface area contributed by atoms with Gasteiger partial charge in [0.15, 0.2) is 0 Å². The Morgan fingerprint density at radius 2 is 1.00 bits per heavy atom. The first-order valence-corrected chi connectivity index (χ1v) is 17.7. The van der Waals surface area contributed by atoms with Gasteiger partial charge in [0, 0.05) is 58.4 Å². The summed E-state index contributed by atoms with van der Waals surface area (Å²) in [4.78, 5) is 10.9. The molecule has 232 valence electrons. The van der Waals surface area contributed by atoms with Crippen LogP contribution in [0.1, 0.15) is 0 Å². The molecule has 0 aliphatic heterocycles. The Morgan fingerprint density at radius 1 is 0.400 bits per heavy atom. The van der Waals surface area contributed by atoms with Crippen molar-refractivity contribution in [3.05, 3.63) is 164 Å². The number of rotatable bonds is 3. The van der Waals surface area contributed by atoms with Gasteiger partial charge in [0.25, 0.3) is 0 Å². The molecular weight excluding hydrogens is 627 g/mol. The second kappa shape index (κ2) is 10.6. The van der Waals surface area contributed by atoms with Gasteiger partial charge in [-0.25, -0.2) is 9.97 Å². The molecule has 0 fully saturated rings. The summed E-state index contributed by atoms with van der Waals surface area (Å²) < 4.78 is 4.95. The molecule has 0 saturated heterocycles. The first-order valence-electron chi connectivity index (χ1n) is 16.9. The van der Waals surface area contributed by atoms with E-state index < -0.39 is 0 Å². The molecule has 0 atom stereocenters. The zero-order valence-electron chi connectivity index (χ0n) is 26.8. The number of aromatic nitrogens is 3. The molecule has 4 heteroatoms. The maximum Gasteiger partial charge on any atom is 0.235 e. The summed E-state index contributed by atoms with van der Waals surface area (Å²) in [6.07, 6.45) is 0. The molecule has 11 aromatic rings. The van der Waals surface area contributed by atoms with E-state index in [4.69, 9.17) is 9.97 Å². The third kappa shape index (κ3) is 3.85. The molecule has 3 heterocycles. The molecule has 0 unspecified atom stereocenters. The molecular formula is C46H27N3S. The molecule has 8 aromatic carbocycles. The van der Waals surface area contributed by atoms with Crippen molar-refractivity contribution in [1.82, 2.24) is 14.5 Å². The van der Waals surface area contributed by atoms with E-state index in [1.165, 1.54) is 63.6 Å². The predicted octanol–water partition coefficient (Wildman–Crippen LogP) is 12.7. The zero-order chi connectivity index (χ0) is 32.8. The van der Waals surface area contributed by atoms with Crippen LogP contribution in [0.25, 0.3) is 103 Å². The van der Waals surface area contributed by atoms with Gasteiger partial charge < -0.3 is 0 Å². The average Bonchev–Trinajstić information content (AvgIpc) is 3.75. The standard InChI is InChI=1S/C46H27N3S/c1-2-14-28(15-3-1)42-37-21-8-10-26-39(37)47-46(48-42)49-43-34(36-24-13-23-35-31-18-9-11-27-40(31)50-45(35)36)22-12-25-38(43)41-32-19-6-4-16-29(32)30-17-5-7-20-33(30)44(41)49/h1-27H. The Bertz CT molecular complexity index is 3150. The maximum absolute atomic E-state index is 5.49. The van der Waals surface area contributed by atoms with Crippen LogP contribution in [0.2, 0.25) is 0 Å². The third-order valence-electron chi connectivity index (χ3n) is 10.2. The van der Waals surface area contributed by atoms with Crippen LogP contribution < -0.4 is 0 Å². The molecule has 0 radical (unpaired) electrons. The predicted molar refractivity (Wildman–Crippen MR) is 213 cm³/mol. The van der Waals surface area contributed by atoms with Crippen molar-refractivity contribution >= 4 is 85.8 Å². The molecule has 0 amide bonds. The highest BCUT2D eigenvalue weighted by atomic mass is 32.1. The first kappa shape index (κ1) is 27.6. The molecule has 3 aromatic heterocycles. The molecule has 50 heavy (non-hydrogen) atoms. The number of thiophene rings is 1. The van der Waals surface area contributed by atoms with Gasteiger partial charge in [-0.3, -0.25) is 4.57 Å². The van der Waals surface area contributed by atoms with Crippen molar-refractivity contribution in [2.45, 2.75) is 0 Å². The summed E-state index contributed by atoms with van der Waals surface area (Å²) in [7, 11) is 0. The van der Waals surface area contributed by atoms with Crippen LogP contribution in [0.15, 0.2) is 164 Å². The zero-order valence-corrected chi connectivity index (χ0v) is 27.7. The fourth-order valence-electron chi connectivity index (χ4n) is 8.08. The Hall–Kier alpha value is -6.36. The van der Waals surface area contributed by atoms with Gasteiger partial charge >= 0.3 is 0 Å². The normalized spacial score (nSPS) is 12.0. The van der Waals surface area contributed by atoms with E-state index in [0.29, 0.717) is 5.95 Å². The van der Waals surface area contributed by atoms with E-state index in [1.807, 2.05) is 11.3 Å². The van der Waals surface area contributed by atoms with Crippen LogP contribution in [0, 0.1) is 0 Å². The summed E-state index contributed by atoms with van der Waals surface area (Å²) in [5.74, 6) is 0.666. The van der Waals surface area contributed by atoms with Crippen molar-refractivity contribution in [3.8, 4) is 28.3 Å². The van der Waals surface area contributed by atoms with Crippen LogP contribution >= 0.6 is 11.3 Å². The molecule has 3 nitrogen and oxygen atoms in total. The summed E-state index contributed by atoms with van der Waals surface area (Å²) in [5.41, 5.74) is 7.54. The number of para-hydroxylation sites is 2. The lowest BCUT2D eigenvalue weighted by Gasteiger charge is -2.15. The lowest BCUT2D eigenvalue weighted by molar-refractivity contribution is 1.02. The Kier molecular flexibility index (Phi) is 5.83. The molecule has 11 rings (SSSR count). The highest BCUT2D eigenvalue weighted by molar-refractivity contribution is 7.26. The largest absolute Gasteiger partial charge is 0.277 e. The van der Waals surface area contributed by atoms with Gasteiger partial charge in [0.2, 0.25) is 5.95 Å². The third-order valence-corrected chi connectivity index (χ3v) is 11.4. The quantitative estimate of drug-likeness (QED) is 0.178. The fourth-order valence-corrected chi connectivity index (χ4v) is 9.31. The number of nitrogens with zero attached hydrogens (tertiary/aromatic N) is 3. The highest BCUT2D eigenvalue weighted by Crippen LogP contribution is 2.47. The monoisotopic (exact) mass is 653 g/mol. The summed E-state index contributed by atoms with van der Waals surface area (Å²) in [5, 5.41) is 10.9. The van der Waals surface area contributed by atoms with Gasteiger partial charge in [-0.05, 0) is 28.3 Å². The Balaban J connectivity index is 1.38. The van der Waals surface area contributed by atoms with E-state index in [9.17, 15) is 0 Å². The van der Waals surface area contributed by atoms with Crippen LogP contribution in [0.4, 0.5) is 0 Å². The van der Waals surface area contributed by atoms with Crippen molar-refractivity contribution in [2.75, 3.05) is 0 Å². The Morgan fingerprint density at radius 3 is 1.82 bits per heavy atom. The smallest absolute Gasteiger partial charge is 0.235 e. The molecule has 0 N–H and O–H groups in total. The lowest BCUT2D eigenvalue weighted by atomic mass is 9.95. The minimum Gasteiger partial charge on any atom is -0.277 e. The second-order valence-electron chi connectivity index (χ2n) is 12.9. The van der Waals surface area contributed by atoms with Crippen LogP contribution in [0.3, 0.4) is 0 Å². The van der Waals surface area contributed by atoms with Gasteiger partial charge in [0.05, 0.1) is 22.2 Å². The molecule has 0 spiro atoms. The number of hydrogen-bond acceptors (Lipinski definition) is 3. The molecule has 0 aliphatic carbocycles. The number of fused-ring (bicyclic) bond motifs is 12. The van der Waals surface area contributed by atoms with Crippen molar-refractivity contribution in [1.29, 1.82) is 0 Å². The Labute approximate surface area is 291 Å². The summed E-state index contributed by atoms with van der Waals surface area (Å²) >= 11 is 1.87. The topological polar surface area (TPSA) is 30.7 Å². The van der Waals surface area contributed by atoms with Gasteiger partial charge in [-0.15, -0.1) is 11.3 Å². The average molecular weight is 654 g/mol. The lowest BCUT2D eigenvalue weighted by Crippen LogP contribution is -2.04. The second-order valence-corrected chi connectivity index (χ2v) is 13.9. The van der Waals surface area contributed by atoms with Gasteiger partial charge in [-0.1, -0.05) is 152 Å². The van der Waals surface area contributed by atoms with E-state index >= 15 is 0 Å². The first-order chi connectivity index (χ1) is 24.8. The van der Waals surface area contributed by atoms with E-state index in [-0.39, 0.29) is 0 Å². The minimum absolute atomic E-state index is 0.666. The van der Waals surface area contributed by atoms with E-state index in [2.05, 4.69) is 168 Å². The van der Waals surface area contributed by atoms with Gasteiger partial charge in [0.1, 0.15) is 0 Å². The number of hydrogen-bond donors (Lipinski definition) is 0. The number of benzene rings is 8. The van der Waals surface area contributed by atoms with Crippen molar-refractivity contribution in [3.63, 3.8) is 0 Å². The SMILES string of the molecule is c1ccc(-c2nc(-n3c4c(-c5cccc6c5sc5ccccc56)cccc4c4c5ccccc5c5ccccc5c43)nc3ccccc23)cc1. The van der Waals surface area contributed by atoms with E-state index in [0.717, 1.165) is 33.2 Å². The molecule has 0 bridgehead atoms. The maximum atomic E-state index is 5.49. The minimum atomic E-state index is 0.666. The molecule has 0 saturated carbocycles. The van der Waals surface area contributed by atoms with Crippen molar-refractivity contribution < 1.29 is 0 Å².